The van der Waals surface area contributed by atoms with E-state index in [1.54, 1.807) is 0 Å². The molecule has 3 nitrogen and oxygen atoms in total. The number of hydrogen-bond acceptors (Lipinski definition) is 2. The largest absolute Gasteiger partial charge is 0.293 e. The lowest BCUT2D eigenvalue weighted by Crippen LogP contribution is -2.49. The molecule has 1 amide bonds. The van der Waals surface area contributed by atoms with Crippen molar-refractivity contribution in [1.29, 1.82) is 0 Å². The SMILES string of the molecule is CC1(C)N(c2ccccc2)C(=O)[C@@H]2CCCN21. The molecule has 1 aromatic carbocycles. The molecule has 0 unspecified atom stereocenters. The Bertz CT molecular complexity index is 441. The summed E-state index contributed by atoms with van der Waals surface area (Å²) in [6, 6.07) is 10.1. The van der Waals surface area contributed by atoms with Crippen molar-refractivity contribution in [3.05, 3.63) is 30.3 Å². The van der Waals surface area contributed by atoms with Crippen LogP contribution in [0.15, 0.2) is 30.3 Å². The van der Waals surface area contributed by atoms with Crippen molar-refractivity contribution < 1.29 is 4.79 Å². The number of rotatable bonds is 1. The van der Waals surface area contributed by atoms with Gasteiger partial charge < -0.3 is 0 Å². The van der Waals surface area contributed by atoms with Crippen LogP contribution in [0.5, 0.6) is 0 Å². The minimum Gasteiger partial charge on any atom is -0.293 e. The van der Waals surface area contributed by atoms with E-state index in [0.717, 1.165) is 25.1 Å². The monoisotopic (exact) mass is 230 g/mol. The van der Waals surface area contributed by atoms with Gasteiger partial charge in [0.05, 0.1) is 11.7 Å². The molecular formula is C14H18N2O. The van der Waals surface area contributed by atoms with Crippen LogP contribution in [0.25, 0.3) is 0 Å². The van der Waals surface area contributed by atoms with Crippen molar-refractivity contribution in [1.82, 2.24) is 4.90 Å². The lowest BCUT2D eigenvalue weighted by molar-refractivity contribution is -0.119. The zero-order chi connectivity index (χ0) is 12.0. The number of carbonyl (C=O) groups is 1. The Morgan fingerprint density at radius 2 is 1.94 bits per heavy atom. The van der Waals surface area contributed by atoms with Gasteiger partial charge in [0.2, 0.25) is 5.91 Å². The Morgan fingerprint density at radius 3 is 2.59 bits per heavy atom. The highest BCUT2D eigenvalue weighted by Crippen LogP contribution is 2.40. The van der Waals surface area contributed by atoms with Crippen LogP contribution < -0.4 is 4.90 Å². The van der Waals surface area contributed by atoms with Crippen molar-refractivity contribution in [3.63, 3.8) is 0 Å². The van der Waals surface area contributed by atoms with Crippen LogP contribution in [0.2, 0.25) is 0 Å². The molecule has 0 spiro atoms. The third-order valence-electron chi connectivity index (χ3n) is 4.02. The van der Waals surface area contributed by atoms with Crippen LogP contribution >= 0.6 is 0 Å². The third kappa shape index (κ3) is 1.42. The smallest absolute Gasteiger partial charge is 0.245 e. The number of anilines is 1. The maximum Gasteiger partial charge on any atom is 0.245 e. The predicted octanol–water partition coefficient (Wildman–Crippen LogP) is 2.23. The standard InChI is InChI=1S/C14H18N2O/c1-14(2)15-10-6-9-12(15)13(17)16(14)11-7-4-3-5-8-11/h3-5,7-8,12H,6,9-10H2,1-2H3/t12-/m0/s1. The van der Waals surface area contributed by atoms with Crippen LogP contribution in [0.4, 0.5) is 5.69 Å². The molecule has 1 aromatic rings. The Kier molecular flexibility index (Phi) is 2.26. The number of amides is 1. The van der Waals surface area contributed by atoms with E-state index < -0.39 is 0 Å². The number of nitrogens with zero attached hydrogens (tertiary/aromatic N) is 2. The van der Waals surface area contributed by atoms with Gasteiger partial charge in [0.25, 0.3) is 0 Å². The first-order valence-electron chi connectivity index (χ1n) is 6.28. The van der Waals surface area contributed by atoms with Crippen LogP contribution in [0.1, 0.15) is 26.7 Å². The van der Waals surface area contributed by atoms with Crippen LogP contribution in [-0.4, -0.2) is 29.1 Å². The Hall–Kier alpha value is -1.35. The summed E-state index contributed by atoms with van der Waals surface area (Å²) in [6.07, 6.45) is 2.15. The van der Waals surface area contributed by atoms with Crippen LogP contribution in [0, 0.1) is 0 Å². The molecule has 3 heteroatoms. The Morgan fingerprint density at radius 1 is 1.24 bits per heavy atom. The van der Waals surface area contributed by atoms with Gasteiger partial charge in [0, 0.05) is 12.2 Å². The second-order valence-electron chi connectivity index (χ2n) is 5.36. The average Bonchev–Trinajstić information content (AvgIpc) is 2.85. The summed E-state index contributed by atoms with van der Waals surface area (Å²) in [5.74, 6) is 0.263. The van der Waals surface area contributed by atoms with Crippen molar-refractivity contribution in [2.45, 2.75) is 38.4 Å². The van der Waals surface area contributed by atoms with Gasteiger partial charge in [-0.3, -0.25) is 14.6 Å². The molecule has 2 aliphatic heterocycles. The molecule has 1 atom stereocenters. The zero-order valence-corrected chi connectivity index (χ0v) is 10.4. The molecular weight excluding hydrogens is 212 g/mol. The number of fused-ring (bicyclic) bond motifs is 1. The molecule has 0 radical (unpaired) electrons. The van der Waals surface area contributed by atoms with Crippen molar-refractivity contribution in [2.24, 2.45) is 0 Å². The van der Waals surface area contributed by atoms with E-state index in [1.165, 1.54) is 0 Å². The van der Waals surface area contributed by atoms with E-state index in [2.05, 4.69) is 18.7 Å². The topological polar surface area (TPSA) is 23.6 Å². The molecule has 0 aromatic heterocycles. The summed E-state index contributed by atoms with van der Waals surface area (Å²) in [4.78, 5) is 16.8. The summed E-state index contributed by atoms with van der Waals surface area (Å²) in [5, 5.41) is 0. The highest BCUT2D eigenvalue weighted by Gasteiger charge is 2.53. The van der Waals surface area contributed by atoms with Gasteiger partial charge in [0.1, 0.15) is 0 Å². The van der Waals surface area contributed by atoms with E-state index in [1.807, 2.05) is 35.2 Å². The van der Waals surface area contributed by atoms with Gasteiger partial charge in [-0.05, 0) is 38.8 Å². The van der Waals surface area contributed by atoms with Gasteiger partial charge in [-0.1, -0.05) is 18.2 Å². The molecule has 2 heterocycles. The number of para-hydroxylation sites is 1. The lowest BCUT2D eigenvalue weighted by atomic mass is 10.1. The third-order valence-corrected chi connectivity index (χ3v) is 4.02. The summed E-state index contributed by atoms with van der Waals surface area (Å²) in [7, 11) is 0. The molecule has 0 bridgehead atoms. The molecule has 2 saturated heterocycles. The van der Waals surface area contributed by atoms with Crippen LogP contribution in [-0.2, 0) is 4.79 Å². The second kappa shape index (κ2) is 3.57. The van der Waals surface area contributed by atoms with Crippen molar-refractivity contribution in [3.8, 4) is 0 Å². The Labute approximate surface area is 102 Å². The summed E-state index contributed by atoms with van der Waals surface area (Å²) >= 11 is 0. The van der Waals surface area contributed by atoms with Gasteiger partial charge in [-0.25, -0.2) is 0 Å². The van der Waals surface area contributed by atoms with Crippen LogP contribution in [0.3, 0.4) is 0 Å². The van der Waals surface area contributed by atoms with Crippen molar-refractivity contribution >= 4 is 11.6 Å². The molecule has 0 aliphatic carbocycles. The fourth-order valence-electron chi connectivity index (χ4n) is 3.25. The van der Waals surface area contributed by atoms with Gasteiger partial charge in [-0.15, -0.1) is 0 Å². The van der Waals surface area contributed by atoms with Gasteiger partial charge in [0.15, 0.2) is 0 Å². The first kappa shape index (κ1) is 10.8. The summed E-state index contributed by atoms with van der Waals surface area (Å²) in [5.41, 5.74) is 0.816. The number of carbonyl (C=O) groups excluding carboxylic acids is 1. The molecule has 90 valence electrons. The van der Waals surface area contributed by atoms with E-state index >= 15 is 0 Å². The summed E-state index contributed by atoms with van der Waals surface area (Å²) < 4.78 is 0. The minimum atomic E-state index is -0.195. The molecule has 0 saturated carbocycles. The van der Waals surface area contributed by atoms with E-state index in [0.29, 0.717) is 0 Å². The molecule has 2 aliphatic rings. The Balaban J connectivity index is 2.03. The van der Waals surface area contributed by atoms with E-state index in [-0.39, 0.29) is 17.6 Å². The maximum atomic E-state index is 12.5. The average molecular weight is 230 g/mol. The van der Waals surface area contributed by atoms with Gasteiger partial charge in [-0.2, -0.15) is 0 Å². The molecule has 2 fully saturated rings. The van der Waals surface area contributed by atoms with Gasteiger partial charge >= 0.3 is 0 Å². The molecule has 0 N–H and O–H groups in total. The maximum absolute atomic E-state index is 12.5. The highest BCUT2D eigenvalue weighted by atomic mass is 16.2. The number of benzene rings is 1. The van der Waals surface area contributed by atoms with Crippen molar-refractivity contribution in [2.75, 3.05) is 11.4 Å². The normalized spacial score (nSPS) is 27.5. The lowest BCUT2D eigenvalue weighted by Gasteiger charge is -2.37. The highest BCUT2D eigenvalue weighted by molar-refractivity contribution is 6.01. The first-order valence-corrected chi connectivity index (χ1v) is 6.28. The van der Waals surface area contributed by atoms with E-state index in [9.17, 15) is 4.79 Å². The predicted molar refractivity (Wildman–Crippen MR) is 67.7 cm³/mol. The quantitative estimate of drug-likeness (QED) is 0.738. The fraction of sp³-hybridized carbons (Fsp3) is 0.500. The first-order chi connectivity index (χ1) is 8.12. The number of hydrogen-bond donors (Lipinski definition) is 0. The molecule has 3 rings (SSSR count). The molecule has 17 heavy (non-hydrogen) atoms. The summed E-state index contributed by atoms with van der Waals surface area (Å²) in [6.45, 7) is 5.32. The minimum absolute atomic E-state index is 0.102. The second-order valence-corrected chi connectivity index (χ2v) is 5.36. The van der Waals surface area contributed by atoms with E-state index in [4.69, 9.17) is 0 Å². The fourth-order valence-corrected chi connectivity index (χ4v) is 3.25. The zero-order valence-electron chi connectivity index (χ0n) is 10.4.